The molecular formula is C24H26N2. The highest BCUT2D eigenvalue weighted by atomic mass is 14.9. The molecule has 0 unspecified atom stereocenters. The van der Waals surface area contributed by atoms with E-state index in [-0.39, 0.29) is 0 Å². The van der Waals surface area contributed by atoms with Gasteiger partial charge in [-0.1, -0.05) is 60.9 Å². The molecule has 0 bridgehead atoms. The number of hydrogen-bond acceptors (Lipinski definition) is 2. The van der Waals surface area contributed by atoms with Crippen LogP contribution in [-0.2, 0) is 6.54 Å². The van der Waals surface area contributed by atoms with Gasteiger partial charge in [-0.25, -0.2) is 0 Å². The molecule has 0 aliphatic heterocycles. The van der Waals surface area contributed by atoms with Crippen molar-refractivity contribution in [3.05, 3.63) is 102 Å². The Bertz CT molecular complexity index is 829. The molecule has 2 N–H and O–H groups in total. The van der Waals surface area contributed by atoms with E-state index in [0.717, 1.165) is 41.1 Å². The predicted molar refractivity (Wildman–Crippen MR) is 112 cm³/mol. The summed E-state index contributed by atoms with van der Waals surface area (Å²) in [6.07, 6.45) is 3.82. The van der Waals surface area contributed by atoms with Crippen LogP contribution in [0.4, 0.5) is 0 Å². The van der Waals surface area contributed by atoms with Crippen LogP contribution in [0.15, 0.2) is 79.7 Å². The summed E-state index contributed by atoms with van der Waals surface area (Å²) < 4.78 is 0. The van der Waals surface area contributed by atoms with Gasteiger partial charge < -0.3 is 10.6 Å². The maximum atomic E-state index is 3.96. The Kier molecular flexibility index (Phi) is 7.49. The highest BCUT2D eigenvalue weighted by molar-refractivity contribution is 5.62. The summed E-state index contributed by atoms with van der Waals surface area (Å²) >= 11 is 0. The van der Waals surface area contributed by atoms with Gasteiger partial charge in [-0.05, 0) is 55.4 Å². The highest BCUT2D eigenvalue weighted by Gasteiger charge is 1.95. The minimum Gasteiger partial charge on any atom is -0.365 e. The fourth-order valence-corrected chi connectivity index (χ4v) is 2.30. The number of hydrogen-bond donors (Lipinski definition) is 2. The maximum Gasteiger partial charge on any atom is 0.0354 e. The molecule has 0 fully saturated rings. The molecule has 0 aliphatic rings. The van der Waals surface area contributed by atoms with E-state index in [0.29, 0.717) is 0 Å². The van der Waals surface area contributed by atoms with E-state index < -0.39 is 0 Å². The molecule has 26 heavy (non-hydrogen) atoms. The lowest BCUT2D eigenvalue weighted by Gasteiger charge is -2.07. The van der Waals surface area contributed by atoms with Gasteiger partial charge in [0.2, 0.25) is 0 Å². The van der Waals surface area contributed by atoms with E-state index in [9.17, 15) is 0 Å². The first-order valence-corrected chi connectivity index (χ1v) is 8.71. The largest absolute Gasteiger partial charge is 0.365 e. The van der Waals surface area contributed by atoms with E-state index in [1.807, 2.05) is 38.3 Å². The highest BCUT2D eigenvalue weighted by Crippen LogP contribution is 2.12. The second-order valence-corrected chi connectivity index (χ2v) is 6.16. The molecular weight excluding hydrogens is 316 g/mol. The molecule has 2 aromatic carbocycles. The molecule has 0 atom stereocenters. The van der Waals surface area contributed by atoms with Crippen molar-refractivity contribution in [2.24, 2.45) is 0 Å². The van der Waals surface area contributed by atoms with Crippen LogP contribution in [0.3, 0.4) is 0 Å². The lowest BCUT2D eigenvalue weighted by atomic mass is 10.1. The molecule has 2 aromatic rings. The molecule has 0 amide bonds. The van der Waals surface area contributed by atoms with Crippen molar-refractivity contribution in [1.29, 1.82) is 0 Å². The van der Waals surface area contributed by atoms with Crippen LogP contribution in [0.2, 0.25) is 0 Å². The van der Waals surface area contributed by atoms with Gasteiger partial charge in [0.1, 0.15) is 0 Å². The molecule has 2 heteroatoms. The van der Waals surface area contributed by atoms with Crippen LogP contribution in [0.1, 0.15) is 36.1 Å². The Hall–Kier alpha value is -3.02. The van der Waals surface area contributed by atoms with E-state index in [1.165, 1.54) is 5.56 Å². The lowest BCUT2D eigenvalue weighted by molar-refractivity contribution is 0.720. The fraction of sp³-hybridized carbons (Fsp3) is 0.167. The molecule has 2 nitrogen and oxygen atoms in total. The Morgan fingerprint density at radius 2 is 1.54 bits per heavy atom. The summed E-state index contributed by atoms with van der Waals surface area (Å²) in [5.74, 6) is 6.41. The van der Waals surface area contributed by atoms with Gasteiger partial charge in [-0.15, -0.1) is 0 Å². The van der Waals surface area contributed by atoms with Crippen molar-refractivity contribution < 1.29 is 0 Å². The minimum absolute atomic E-state index is 0.728. The standard InChI is InChI=1S/C24H26N2/c1-5-16-26-20(4)17-25-18-23-10-8-21(9-11-23)6-7-22-12-14-24(15-13-22)19(2)3/h5,8-16,25-26H,2,4,17-18H2,1,3H3/b16-5-. The third-order valence-electron chi connectivity index (χ3n) is 3.80. The summed E-state index contributed by atoms with van der Waals surface area (Å²) in [6.45, 7) is 13.4. The number of allylic oxidation sites excluding steroid dienone is 2. The van der Waals surface area contributed by atoms with E-state index >= 15 is 0 Å². The third kappa shape index (κ3) is 6.47. The predicted octanol–water partition coefficient (Wildman–Crippen LogP) is 4.85. The molecule has 0 spiro atoms. The van der Waals surface area contributed by atoms with Gasteiger partial charge in [-0.2, -0.15) is 0 Å². The zero-order valence-corrected chi connectivity index (χ0v) is 15.6. The van der Waals surface area contributed by atoms with Crippen LogP contribution in [-0.4, -0.2) is 6.54 Å². The number of rotatable bonds is 7. The molecule has 2 rings (SSSR count). The Balaban J connectivity index is 1.87. The molecule has 0 aliphatic carbocycles. The van der Waals surface area contributed by atoms with Crippen molar-refractivity contribution in [1.82, 2.24) is 10.6 Å². The lowest BCUT2D eigenvalue weighted by Crippen LogP contribution is -2.21. The van der Waals surface area contributed by atoms with Gasteiger partial charge in [-0.3, -0.25) is 0 Å². The van der Waals surface area contributed by atoms with Crippen molar-refractivity contribution in [3.63, 3.8) is 0 Å². The Morgan fingerprint density at radius 3 is 2.08 bits per heavy atom. The third-order valence-corrected chi connectivity index (χ3v) is 3.80. The second kappa shape index (κ2) is 10.1. The maximum absolute atomic E-state index is 3.96. The summed E-state index contributed by atoms with van der Waals surface area (Å²) in [7, 11) is 0. The number of nitrogens with one attached hydrogen (secondary N) is 2. The zero-order chi connectivity index (χ0) is 18.8. The van der Waals surface area contributed by atoms with E-state index in [1.54, 1.807) is 0 Å². The quantitative estimate of drug-likeness (QED) is 0.703. The summed E-state index contributed by atoms with van der Waals surface area (Å²) in [5.41, 5.74) is 6.40. The van der Waals surface area contributed by atoms with Crippen LogP contribution in [0.5, 0.6) is 0 Å². The summed E-state index contributed by atoms with van der Waals surface area (Å²) in [4.78, 5) is 0. The minimum atomic E-state index is 0.728. The summed E-state index contributed by atoms with van der Waals surface area (Å²) in [6, 6.07) is 16.5. The second-order valence-electron chi connectivity index (χ2n) is 6.16. The summed E-state index contributed by atoms with van der Waals surface area (Å²) in [5, 5.41) is 6.47. The number of benzene rings is 2. The normalized spacial score (nSPS) is 10.2. The molecule has 0 heterocycles. The Labute approximate surface area is 157 Å². The first kappa shape index (κ1) is 19.3. The zero-order valence-electron chi connectivity index (χ0n) is 15.6. The van der Waals surface area contributed by atoms with Gasteiger partial charge in [0.25, 0.3) is 0 Å². The van der Waals surface area contributed by atoms with E-state index in [4.69, 9.17) is 0 Å². The Morgan fingerprint density at radius 1 is 0.962 bits per heavy atom. The molecule has 132 valence electrons. The van der Waals surface area contributed by atoms with E-state index in [2.05, 4.69) is 72.0 Å². The van der Waals surface area contributed by atoms with Gasteiger partial charge in [0.05, 0.1) is 0 Å². The average Bonchev–Trinajstić information content (AvgIpc) is 2.66. The first-order valence-electron chi connectivity index (χ1n) is 8.71. The van der Waals surface area contributed by atoms with Crippen LogP contribution >= 0.6 is 0 Å². The smallest absolute Gasteiger partial charge is 0.0354 e. The SMILES string of the molecule is C=C(CNCc1ccc(C#Cc2ccc(C(=C)C)cc2)cc1)N/C=C\C. The van der Waals surface area contributed by atoms with Crippen LogP contribution < -0.4 is 10.6 Å². The molecule has 0 radical (unpaired) electrons. The monoisotopic (exact) mass is 342 g/mol. The first-order chi connectivity index (χ1) is 12.6. The molecule has 0 aromatic heterocycles. The van der Waals surface area contributed by atoms with Crippen LogP contribution in [0.25, 0.3) is 5.57 Å². The average molecular weight is 342 g/mol. The van der Waals surface area contributed by atoms with Gasteiger partial charge in [0, 0.05) is 29.9 Å². The van der Waals surface area contributed by atoms with Crippen molar-refractivity contribution in [2.75, 3.05) is 6.54 Å². The molecule has 0 saturated carbocycles. The van der Waals surface area contributed by atoms with Crippen molar-refractivity contribution in [2.45, 2.75) is 20.4 Å². The van der Waals surface area contributed by atoms with Crippen molar-refractivity contribution in [3.8, 4) is 11.8 Å². The van der Waals surface area contributed by atoms with Gasteiger partial charge in [0.15, 0.2) is 0 Å². The van der Waals surface area contributed by atoms with Crippen molar-refractivity contribution >= 4 is 5.57 Å². The van der Waals surface area contributed by atoms with Crippen LogP contribution in [0, 0.1) is 11.8 Å². The molecule has 0 saturated heterocycles. The topological polar surface area (TPSA) is 24.1 Å². The van der Waals surface area contributed by atoms with Gasteiger partial charge >= 0.3 is 0 Å². The fourth-order valence-electron chi connectivity index (χ4n) is 2.30.